The number of benzene rings is 1. The number of hydrogen-bond donors (Lipinski definition) is 2. The lowest BCUT2D eigenvalue weighted by Crippen LogP contribution is -2.55. The molecule has 1 aromatic carbocycles. The van der Waals surface area contributed by atoms with Crippen LogP contribution < -0.4 is 10.6 Å². The Morgan fingerprint density at radius 3 is 2.52 bits per heavy atom. The van der Waals surface area contributed by atoms with Gasteiger partial charge in [0.2, 0.25) is 5.91 Å². The molecular weight excluding hydrogens is 363 g/mol. The first kappa shape index (κ1) is 16.4. The zero-order valence-electron chi connectivity index (χ0n) is 11.4. The molecule has 1 aromatic rings. The lowest BCUT2D eigenvalue weighted by atomic mass is 9.95. The maximum absolute atomic E-state index is 13.2. The van der Waals surface area contributed by atoms with E-state index in [0.29, 0.717) is 18.8 Å². The number of sulfone groups is 1. The summed E-state index contributed by atoms with van der Waals surface area (Å²) >= 11 is 3.03. The topological polar surface area (TPSA) is 75.3 Å². The summed E-state index contributed by atoms with van der Waals surface area (Å²) in [5.41, 5.74) is 0.356. The molecule has 2 rings (SSSR count). The molecule has 0 aromatic heterocycles. The number of anilines is 1. The largest absolute Gasteiger partial charge is 0.325 e. The second-order valence-electron chi connectivity index (χ2n) is 5.10. The Morgan fingerprint density at radius 1 is 1.38 bits per heavy atom. The van der Waals surface area contributed by atoms with Gasteiger partial charge in [0.1, 0.15) is 5.82 Å². The highest BCUT2D eigenvalue weighted by Crippen LogP contribution is 2.30. The van der Waals surface area contributed by atoms with Crippen LogP contribution in [0.5, 0.6) is 0 Å². The molecule has 0 spiro atoms. The molecule has 5 nitrogen and oxygen atoms in total. The van der Waals surface area contributed by atoms with Crippen molar-refractivity contribution in [1.29, 1.82) is 0 Å². The van der Waals surface area contributed by atoms with Crippen molar-refractivity contribution >= 4 is 37.4 Å². The Labute approximate surface area is 131 Å². The van der Waals surface area contributed by atoms with E-state index in [1.165, 1.54) is 18.2 Å². The van der Waals surface area contributed by atoms with Gasteiger partial charge in [0.05, 0.1) is 4.47 Å². The minimum Gasteiger partial charge on any atom is -0.325 e. The summed E-state index contributed by atoms with van der Waals surface area (Å²) in [6.45, 7) is 0.932. The van der Waals surface area contributed by atoms with E-state index in [9.17, 15) is 17.6 Å². The van der Waals surface area contributed by atoms with Crippen LogP contribution in [0.15, 0.2) is 22.7 Å². The van der Waals surface area contributed by atoms with Crippen LogP contribution in [0.4, 0.5) is 10.1 Å². The van der Waals surface area contributed by atoms with Gasteiger partial charge in [-0.1, -0.05) is 0 Å². The van der Waals surface area contributed by atoms with E-state index in [-0.39, 0.29) is 17.3 Å². The predicted octanol–water partition coefficient (Wildman–Crippen LogP) is 1.69. The highest BCUT2D eigenvalue weighted by molar-refractivity contribution is 9.10. The van der Waals surface area contributed by atoms with Crippen molar-refractivity contribution in [2.24, 2.45) is 0 Å². The Balaban J connectivity index is 2.29. The fourth-order valence-corrected chi connectivity index (χ4v) is 4.13. The number of halogens is 2. The van der Waals surface area contributed by atoms with Crippen LogP contribution >= 0.6 is 15.9 Å². The SMILES string of the molecule is CS(=O)(=O)C1(C(=O)Nc2ccc(F)c(Br)c2)CCNCC1. The van der Waals surface area contributed by atoms with Crippen LogP contribution in [0.25, 0.3) is 0 Å². The Hall–Kier alpha value is -0.990. The molecule has 0 radical (unpaired) electrons. The Morgan fingerprint density at radius 2 is 2.00 bits per heavy atom. The fraction of sp³-hybridized carbons (Fsp3) is 0.462. The Kier molecular flexibility index (Phi) is 4.69. The number of amides is 1. The summed E-state index contributed by atoms with van der Waals surface area (Å²) in [6, 6.07) is 4.01. The van der Waals surface area contributed by atoms with E-state index in [0.717, 1.165) is 6.26 Å². The number of rotatable bonds is 3. The maximum Gasteiger partial charge on any atom is 0.245 e. The lowest BCUT2D eigenvalue weighted by Gasteiger charge is -2.34. The van der Waals surface area contributed by atoms with Crippen LogP contribution in [0.1, 0.15) is 12.8 Å². The van der Waals surface area contributed by atoms with Crippen molar-refractivity contribution in [3.05, 3.63) is 28.5 Å². The van der Waals surface area contributed by atoms with E-state index in [4.69, 9.17) is 0 Å². The molecule has 1 fully saturated rings. The summed E-state index contributed by atoms with van der Waals surface area (Å²) in [7, 11) is -3.56. The van der Waals surface area contributed by atoms with Crippen molar-refractivity contribution in [2.75, 3.05) is 24.7 Å². The van der Waals surface area contributed by atoms with Crippen molar-refractivity contribution in [3.8, 4) is 0 Å². The van der Waals surface area contributed by atoms with Gasteiger partial charge in [0.25, 0.3) is 0 Å². The first-order valence-electron chi connectivity index (χ1n) is 6.43. The molecule has 1 amide bonds. The minimum atomic E-state index is -3.56. The van der Waals surface area contributed by atoms with Crippen molar-refractivity contribution < 1.29 is 17.6 Å². The Bertz CT molecular complexity index is 657. The van der Waals surface area contributed by atoms with Gasteiger partial charge in [-0.2, -0.15) is 0 Å². The molecule has 0 atom stereocenters. The molecule has 0 unspecified atom stereocenters. The normalized spacial score (nSPS) is 18.2. The predicted molar refractivity (Wildman–Crippen MR) is 82.4 cm³/mol. The molecule has 21 heavy (non-hydrogen) atoms. The van der Waals surface area contributed by atoms with E-state index >= 15 is 0 Å². The third kappa shape index (κ3) is 3.27. The number of carbonyl (C=O) groups is 1. The quantitative estimate of drug-likeness (QED) is 0.838. The van der Waals surface area contributed by atoms with Crippen LogP contribution in [0, 0.1) is 5.82 Å². The molecule has 1 saturated heterocycles. The molecular formula is C13H16BrFN2O3S. The van der Waals surface area contributed by atoms with Crippen LogP contribution in [-0.4, -0.2) is 38.4 Å². The molecule has 116 valence electrons. The van der Waals surface area contributed by atoms with Crippen molar-refractivity contribution in [2.45, 2.75) is 17.6 Å². The van der Waals surface area contributed by atoms with E-state index in [1.54, 1.807) is 0 Å². The van der Waals surface area contributed by atoms with Crippen LogP contribution in [0.2, 0.25) is 0 Å². The minimum absolute atomic E-state index is 0.207. The van der Waals surface area contributed by atoms with Gasteiger partial charge in [0, 0.05) is 11.9 Å². The fourth-order valence-electron chi connectivity index (χ4n) is 2.42. The standard InChI is InChI=1S/C13H16BrFN2O3S/c1-21(19,20)13(4-6-16-7-5-13)12(18)17-9-2-3-11(15)10(14)8-9/h2-3,8,16H,4-7H2,1H3,(H,17,18). The molecule has 0 bridgehead atoms. The first-order valence-corrected chi connectivity index (χ1v) is 9.11. The smallest absolute Gasteiger partial charge is 0.245 e. The molecule has 2 N–H and O–H groups in total. The molecule has 0 saturated carbocycles. The van der Waals surface area contributed by atoms with Gasteiger partial charge < -0.3 is 10.6 Å². The number of hydrogen-bond acceptors (Lipinski definition) is 4. The van der Waals surface area contributed by atoms with E-state index < -0.39 is 26.3 Å². The summed E-state index contributed by atoms with van der Waals surface area (Å²) in [4.78, 5) is 12.5. The second kappa shape index (κ2) is 6.02. The first-order chi connectivity index (χ1) is 9.76. The second-order valence-corrected chi connectivity index (χ2v) is 8.28. The van der Waals surface area contributed by atoms with Crippen molar-refractivity contribution in [3.63, 3.8) is 0 Å². The summed E-state index contributed by atoms with van der Waals surface area (Å²) in [6.07, 6.45) is 1.53. The van der Waals surface area contributed by atoms with Gasteiger partial charge in [-0.25, -0.2) is 12.8 Å². The van der Waals surface area contributed by atoms with Gasteiger partial charge in [-0.05, 0) is 60.1 Å². The number of carbonyl (C=O) groups excluding carboxylic acids is 1. The monoisotopic (exact) mass is 378 g/mol. The summed E-state index contributed by atoms with van der Waals surface area (Å²) in [5.74, 6) is -1.02. The highest BCUT2D eigenvalue weighted by Gasteiger charge is 2.48. The van der Waals surface area contributed by atoms with Gasteiger partial charge >= 0.3 is 0 Å². The highest BCUT2D eigenvalue weighted by atomic mass is 79.9. The third-order valence-corrected chi connectivity index (χ3v) is 6.33. The van der Waals surface area contributed by atoms with Gasteiger partial charge in [-0.3, -0.25) is 4.79 Å². The van der Waals surface area contributed by atoms with Gasteiger partial charge in [-0.15, -0.1) is 0 Å². The van der Waals surface area contributed by atoms with Crippen molar-refractivity contribution in [1.82, 2.24) is 5.32 Å². The molecule has 8 heteroatoms. The molecule has 0 aliphatic carbocycles. The van der Waals surface area contributed by atoms with Crippen LogP contribution in [0.3, 0.4) is 0 Å². The summed E-state index contributed by atoms with van der Waals surface area (Å²) < 4.78 is 36.2. The van der Waals surface area contributed by atoms with Gasteiger partial charge in [0.15, 0.2) is 14.6 Å². The van der Waals surface area contributed by atoms with Crippen LogP contribution in [-0.2, 0) is 14.6 Å². The van der Waals surface area contributed by atoms with E-state index in [1.807, 2.05) is 0 Å². The average Bonchev–Trinajstić information content (AvgIpc) is 2.42. The van der Waals surface area contributed by atoms with E-state index in [2.05, 4.69) is 26.6 Å². The zero-order valence-corrected chi connectivity index (χ0v) is 13.9. The molecule has 1 aliphatic heterocycles. The summed E-state index contributed by atoms with van der Waals surface area (Å²) in [5, 5.41) is 5.63. The zero-order chi connectivity index (χ0) is 15.7. The lowest BCUT2D eigenvalue weighted by molar-refractivity contribution is -0.119. The third-order valence-electron chi connectivity index (χ3n) is 3.71. The number of nitrogens with one attached hydrogen (secondary N) is 2. The average molecular weight is 379 g/mol. The molecule has 1 aliphatic rings. The molecule has 1 heterocycles. The maximum atomic E-state index is 13.2. The number of piperidine rings is 1.